The topological polar surface area (TPSA) is 63.2 Å². The lowest BCUT2D eigenvalue weighted by Gasteiger charge is -2.08. The molecule has 0 saturated carbocycles. The zero-order valence-electron chi connectivity index (χ0n) is 12.7. The van der Waals surface area contributed by atoms with E-state index in [1.807, 2.05) is 30.3 Å². The highest BCUT2D eigenvalue weighted by Crippen LogP contribution is 2.19. The minimum absolute atomic E-state index is 0.197. The van der Waals surface area contributed by atoms with Crippen molar-refractivity contribution >= 4 is 29.4 Å². The van der Waals surface area contributed by atoms with Crippen molar-refractivity contribution in [3.05, 3.63) is 53.2 Å². The molecule has 23 heavy (non-hydrogen) atoms. The summed E-state index contributed by atoms with van der Waals surface area (Å²) in [5.74, 6) is 1.32. The quantitative estimate of drug-likeness (QED) is 0.593. The maximum absolute atomic E-state index is 11.7. The fourth-order valence-electron chi connectivity index (χ4n) is 1.78. The molecule has 2 aromatic rings. The number of carbonyl (C=O) groups excluding carboxylic acids is 1. The Morgan fingerprint density at radius 2 is 2.04 bits per heavy atom. The van der Waals surface area contributed by atoms with Crippen LogP contribution in [0.4, 0.5) is 4.79 Å². The van der Waals surface area contributed by atoms with E-state index in [9.17, 15) is 4.79 Å². The van der Waals surface area contributed by atoms with Gasteiger partial charge in [-0.05, 0) is 35.9 Å². The molecule has 0 aliphatic heterocycles. The fourth-order valence-corrected chi connectivity index (χ4v) is 2.68. The highest BCUT2D eigenvalue weighted by Gasteiger charge is 2.02. The monoisotopic (exact) mass is 351 g/mol. The normalized spacial score (nSPS) is 10.2. The molecule has 122 valence electrons. The molecule has 1 heterocycles. The Kier molecular flexibility index (Phi) is 7.03. The highest BCUT2D eigenvalue weighted by molar-refractivity contribution is 7.99. The van der Waals surface area contributed by atoms with Gasteiger partial charge in [0.15, 0.2) is 0 Å². The van der Waals surface area contributed by atoms with Crippen LogP contribution in [0.2, 0.25) is 5.02 Å². The van der Waals surface area contributed by atoms with Gasteiger partial charge in [0, 0.05) is 41.0 Å². The third kappa shape index (κ3) is 6.38. The smallest absolute Gasteiger partial charge is 0.315 e. The second-order valence-electron chi connectivity index (χ2n) is 4.62. The van der Waals surface area contributed by atoms with Crippen molar-refractivity contribution in [3.8, 4) is 5.88 Å². The number of halogens is 1. The zero-order valence-corrected chi connectivity index (χ0v) is 14.3. The van der Waals surface area contributed by atoms with Gasteiger partial charge in [0.2, 0.25) is 5.88 Å². The van der Waals surface area contributed by atoms with Crippen LogP contribution in [0.5, 0.6) is 5.88 Å². The van der Waals surface area contributed by atoms with Crippen molar-refractivity contribution in [1.29, 1.82) is 0 Å². The van der Waals surface area contributed by atoms with Crippen LogP contribution in [0, 0.1) is 0 Å². The van der Waals surface area contributed by atoms with Crippen LogP contribution >= 0.6 is 23.4 Å². The summed E-state index contributed by atoms with van der Waals surface area (Å²) in [6.07, 6.45) is 1.65. The molecular formula is C16H18ClN3O2S. The van der Waals surface area contributed by atoms with Crippen LogP contribution in [-0.2, 0) is 6.54 Å². The van der Waals surface area contributed by atoms with Gasteiger partial charge in [-0.25, -0.2) is 9.78 Å². The van der Waals surface area contributed by atoms with Crippen molar-refractivity contribution in [2.75, 3.05) is 19.4 Å². The minimum Gasteiger partial charge on any atom is -0.481 e. The summed E-state index contributed by atoms with van der Waals surface area (Å²) < 4.78 is 5.04. The molecule has 0 aliphatic rings. The first-order valence-corrected chi connectivity index (χ1v) is 8.43. The molecule has 0 saturated heterocycles. The number of aromatic nitrogens is 1. The highest BCUT2D eigenvalue weighted by atomic mass is 35.5. The number of hydrogen-bond acceptors (Lipinski definition) is 4. The molecule has 2 N–H and O–H groups in total. The molecule has 2 amide bonds. The van der Waals surface area contributed by atoms with E-state index in [-0.39, 0.29) is 6.03 Å². The number of nitrogens with one attached hydrogen (secondary N) is 2. The molecule has 0 aliphatic carbocycles. The Morgan fingerprint density at radius 1 is 1.26 bits per heavy atom. The van der Waals surface area contributed by atoms with E-state index >= 15 is 0 Å². The molecule has 0 unspecified atom stereocenters. The van der Waals surface area contributed by atoms with Crippen LogP contribution in [-0.4, -0.2) is 30.4 Å². The largest absolute Gasteiger partial charge is 0.481 e. The first-order valence-electron chi connectivity index (χ1n) is 7.06. The third-order valence-electron chi connectivity index (χ3n) is 2.93. The van der Waals surface area contributed by atoms with Gasteiger partial charge in [-0.2, -0.15) is 0 Å². The van der Waals surface area contributed by atoms with E-state index in [0.717, 1.165) is 21.2 Å². The van der Waals surface area contributed by atoms with Crippen molar-refractivity contribution in [1.82, 2.24) is 15.6 Å². The van der Waals surface area contributed by atoms with E-state index in [1.54, 1.807) is 31.1 Å². The molecule has 1 aromatic carbocycles. The standard InChI is InChI=1S/C16H18ClN3O2S/c1-22-15-10-12(6-7-18-15)11-20-16(21)19-8-9-23-14-4-2-13(17)3-5-14/h2-7,10H,8-9,11H2,1H3,(H2,19,20,21). The maximum atomic E-state index is 11.7. The molecule has 0 fully saturated rings. The Morgan fingerprint density at radius 3 is 2.78 bits per heavy atom. The fraction of sp³-hybridized carbons (Fsp3) is 0.250. The van der Waals surface area contributed by atoms with Gasteiger partial charge >= 0.3 is 6.03 Å². The number of benzene rings is 1. The lowest BCUT2D eigenvalue weighted by atomic mass is 10.2. The van der Waals surface area contributed by atoms with Crippen LogP contribution in [0.15, 0.2) is 47.5 Å². The van der Waals surface area contributed by atoms with Crippen LogP contribution in [0.1, 0.15) is 5.56 Å². The van der Waals surface area contributed by atoms with E-state index < -0.39 is 0 Å². The number of nitrogens with zero attached hydrogens (tertiary/aromatic N) is 1. The summed E-state index contributed by atoms with van der Waals surface area (Å²) in [5.41, 5.74) is 0.933. The minimum atomic E-state index is -0.197. The Hall–Kier alpha value is -1.92. The molecule has 0 radical (unpaired) electrons. The summed E-state index contributed by atoms with van der Waals surface area (Å²) in [6.45, 7) is 1.01. The maximum Gasteiger partial charge on any atom is 0.315 e. The van der Waals surface area contributed by atoms with E-state index in [2.05, 4.69) is 15.6 Å². The van der Waals surface area contributed by atoms with Gasteiger partial charge in [-0.3, -0.25) is 0 Å². The number of thioether (sulfide) groups is 1. The number of carbonyl (C=O) groups is 1. The van der Waals surface area contributed by atoms with Gasteiger partial charge in [0.05, 0.1) is 7.11 Å². The molecular weight excluding hydrogens is 334 g/mol. The predicted molar refractivity (Wildman–Crippen MR) is 93.2 cm³/mol. The molecule has 2 rings (SSSR count). The molecule has 0 bridgehead atoms. The first kappa shape index (κ1) is 17.4. The Bertz CT molecular complexity index is 637. The van der Waals surface area contributed by atoms with Crippen LogP contribution in [0.3, 0.4) is 0 Å². The summed E-state index contributed by atoms with van der Waals surface area (Å²) >= 11 is 7.50. The van der Waals surface area contributed by atoms with Crippen molar-refractivity contribution in [2.45, 2.75) is 11.4 Å². The molecule has 0 atom stereocenters. The lowest BCUT2D eigenvalue weighted by molar-refractivity contribution is 0.241. The molecule has 5 nitrogen and oxygen atoms in total. The Labute approximate surface area is 144 Å². The number of pyridine rings is 1. The third-order valence-corrected chi connectivity index (χ3v) is 4.20. The number of ether oxygens (including phenoxy) is 1. The summed E-state index contributed by atoms with van der Waals surface area (Å²) in [6, 6.07) is 11.1. The van der Waals surface area contributed by atoms with Gasteiger partial charge in [-0.1, -0.05) is 11.6 Å². The summed E-state index contributed by atoms with van der Waals surface area (Å²) in [7, 11) is 1.56. The van der Waals surface area contributed by atoms with E-state index in [1.165, 1.54) is 0 Å². The van der Waals surface area contributed by atoms with Crippen molar-refractivity contribution < 1.29 is 9.53 Å². The summed E-state index contributed by atoms with van der Waals surface area (Å²) in [5, 5.41) is 6.34. The van der Waals surface area contributed by atoms with Crippen molar-refractivity contribution in [3.63, 3.8) is 0 Å². The van der Waals surface area contributed by atoms with Gasteiger partial charge < -0.3 is 15.4 Å². The average molecular weight is 352 g/mol. The first-order chi connectivity index (χ1) is 11.2. The number of amides is 2. The number of rotatable bonds is 7. The second kappa shape index (κ2) is 9.27. The number of methoxy groups -OCH3 is 1. The number of hydrogen-bond donors (Lipinski definition) is 2. The average Bonchev–Trinajstić information content (AvgIpc) is 2.58. The second-order valence-corrected chi connectivity index (χ2v) is 6.22. The van der Waals surface area contributed by atoms with Crippen LogP contribution < -0.4 is 15.4 Å². The molecule has 0 spiro atoms. The lowest BCUT2D eigenvalue weighted by Crippen LogP contribution is -2.36. The Balaban J connectivity index is 1.64. The number of urea groups is 1. The van der Waals surface area contributed by atoms with E-state index in [4.69, 9.17) is 16.3 Å². The van der Waals surface area contributed by atoms with E-state index in [0.29, 0.717) is 19.0 Å². The zero-order chi connectivity index (χ0) is 16.5. The van der Waals surface area contributed by atoms with Gasteiger partial charge in [0.25, 0.3) is 0 Å². The molecule has 7 heteroatoms. The summed E-state index contributed by atoms with van der Waals surface area (Å²) in [4.78, 5) is 16.9. The molecule has 1 aromatic heterocycles. The van der Waals surface area contributed by atoms with Crippen LogP contribution in [0.25, 0.3) is 0 Å². The predicted octanol–water partition coefficient (Wildman–Crippen LogP) is 3.34. The SMILES string of the molecule is COc1cc(CNC(=O)NCCSc2ccc(Cl)cc2)ccn1. The van der Waals surface area contributed by atoms with Gasteiger partial charge in [-0.15, -0.1) is 11.8 Å². The van der Waals surface area contributed by atoms with Gasteiger partial charge in [0.1, 0.15) is 0 Å². The van der Waals surface area contributed by atoms with Crippen molar-refractivity contribution in [2.24, 2.45) is 0 Å².